The number of nitrogens with one attached hydrogen (secondary N) is 1. The van der Waals surface area contributed by atoms with Crippen molar-refractivity contribution < 1.29 is 0 Å². The van der Waals surface area contributed by atoms with E-state index in [2.05, 4.69) is 26.1 Å². The van der Waals surface area contributed by atoms with Crippen molar-refractivity contribution in [3.63, 3.8) is 0 Å². The predicted octanol–water partition coefficient (Wildman–Crippen LogP) is 5.01. The van der Waals surface area contributed by atoms with E-state index in [4.69, 9.17) is 0 Å². The number of hydrogen-bond acceptors (Lipinski definition) is 1. The van der Waals surface area contributed by atoms with Gasteiger partial charge in [-0.3, -0.25) is 0 Å². The summed E-state index contributed by atoms with van der Waals surface area (Å²) in [5.74, 6) is 4.23. The molecule has 112 valence electrons. The molecule has 0 aromatic heterocycles. The summed E-state index contributed by atoms with van der Waals surface area (Å²) in [7, 11) is 0. The molecule has 1 N–H and O–H groups in total. The Balaban J connectivity index is 1.81. The standard InChI is InChI=1S/C18H35N/c1-4-7-8-14(6-3)10-18(19-9-5-2)17-12-15-11-16(15)13-17/h14-19H,4-13H2,1-3H3. The van der Waals surface area contributed by atoms with Crippen LogP contribution in [0, 0.1) is 23.7 Å². The van der Waals surface area contributed by atoms with Crippen LogP contribution < -0.4 is 5.32 Å². The van der Waals surface area contributed by atoms with Gasteiger partial charge in [-0.05, 0) is 62.3 Å². The highest BCUT2D eigenvalue weighted by Gasteiger charge is 2.47. The molecule has 0 amide bonds. The molecule has 19 heavy (non-hydrogen) atoms. The fourth-order valence-corrected chi connectivity index (χ4v) is 4.20. The molecule has 2 aliphatic rings. The van der Waals surface area contributed by atoms with Crippen molar-refractivity contribution in [1.82, 2.24) is 5.32 Å². The van der Waals surface area contributed by atoms with Gasteiger partial charge in [0.15, 0.2) is 0 Å². The molecule has 0 bridgehead atoms. The van der Waals surface area contributed by atoms with E-state index < -0.39 is 0 Å². The Bertz CT molecular complexity index is 240. The Hall–Kier alpha value is -0.0400. The van der Waals surface area contributed by atoms with E-state index in [1.165, 1.54) is 57.9 Å². The lowest BCUT2D eigenvalue weighted by Gasteiger charge is -2.29. The summed E-state index contributed by atoms with van der Waals surface area (Å²) in [6.07, 6.45) is 13.0. The molecule has 2 saturated carbocycles. The fraction of sp³-hybridized carbons (Fsp3) is 1.00. The van der Waals surface area contributed by atoms with E-state index in [0.717, 1.165) is 29.7 Å². The van der Waals surface area contributed by atoms with E-state index >= 15 is 0 Å². The fourth-order valence-electron chi connectivity index (χ4n) is 4.20. The van der Waals surface area contributed by atoms with E-state index in [9.17, 15) is 0 Å². The normalized spacial score (nSPS) is 32.1. The third-order valence-electron chi connectivity index (χ3n) is 5.64. The van der Waals surface area contributed by atoms with Gasteiger partial charge >= 0.3 is 0 Å². The third kappa shape index (κ3) is 4.48. The predicted molar refractivity (Wildman–Crippen MR) is 84.3 cm³/mol. The topological polar surface area (TPSA) is 12.0 Å². The number of hydrogen-bond donors (Lipinski definition) is 1. The van der Waals surface area contributed by atoms with Crippen LogP contribution in [-0.2, 0) is 0 Å². The Morgan fingerprint density at radius 2 is 1.74 bits per heavy atom. The Kier molecular flexibility index (Phi) is 6.19. The van der Waals surface area contributed by atoms with Gasteiger partial charge in [-0.2, -0.15) is 0 Å². The third-order valence-corrected chi connectivity index (χ3v) is 5.64. The van der Waals surface area contributed by atoms with Gasteiger partial charge in [0.1, 0.15) is 0 Å². The summed E-state index contributed by atoms with van der Waals surface area (Å²) in [5, 5.41) is 3.89. The summed E-state index contributed by atoms with van der Waals surface area (Å²) in [5.41, 5.74) is 0. The number of unbranched alkanes of at least 4 members (excludes halogenated alkanes) is 1. The van der Waals surface area contributed by atoms with Crippen LogP contribution in [0.4, 0.5) is 0 Å². The Morgan fingerprint density at radius 3 is 2.32 bits per heavy atom. The molecule has 0 aromatic rings. The highest BCUT2D eigenvalue weighted by atomic mass is 14.9. The minimum Gasteiger partial charge on any atom is -0.314 e. The van der Waals surface area contributed by atoms with Crippen molar-refractivity contribution >= 4 is 0 Å². The molecule has 0 radical (unpaired) electrons. The average Bonchev–Trinajstić information content (AvgIpc) is 3.04. The lowest BCUT2D eigenvalue weighted by molar-refractivity contribution is 0.265. The zero-order valence-electron chi connectivity index (χ0n) is 13.5. The van der Waals surface area contributed by atoms with Crippen molar-refractivity contribution in [1.29, 1.82) is 0 Å². The largest absolute Gasteiger partial charge is 0.314 e. The first-order valence-corrected chi connectivity index (χ1v) is 9.01. The molecule has 2 aliphatic carbocycles. The first-order chi connectivity index (χ1) is 9.28. The minimum atomic E-state index is 0.828. The summed E-state index contributed by atoms with van der Waals surface area (Å²) < 4.78 is 0. The van der Waals surface area contributed by atoms with Gasteiger partial charge < -0.3 is 5.32 Å². The Morgan fingerprint density at radius 1 is 1.00 bits per heavy atom. The highest BCUT2D eigenvalue weighted by molar-refractivity contribution is 4.99. The smallest absolute Gasteiger partial charge is 0.00981 e. The lowest BCUT2D eigenvalue weighted by atomic mass is 9.84. The molecule has 4 atom stereocenters. The summed E-state index contributed by atoms with van der Waals surface area (Å²) in [4.78, 5) is 0. The van der Waals surface area contributed by atoms with Crippen molar-refractivity contribution in [2.24, 2.45) is 23.7 Å². The van der Waals surface area contributed by atoms with Crippen LogP contribution in [0.1, 0.15) is 78.6 Å². The maximum Gasteiger partial charge on any atom is 0.00981 e. The van der Waals surface area contributed by atoms with Crippen LogP contribution in [0.3, 0.4) is 0 Å². The van der Waals surface area contributed by atoms with Gasteiger partial charge in [-0.25, -0.2) is 0 Å². The van der Waals surface area contributed by atoms with Crippen LogP contribution in [0.25, 0.3) is 0 Å². The molecule has 2 fully saturated rings. The second kappa shape index (κ2) is 7.67. The van der Waals surface area contributed by atoms with Crippen LogP contribution in [0.2, 0.25) is 0 Å². The van der Waals surface area contributed by atoms with Crippen molar-refractivity contribution in [3.8, 4) is 0 Å². The van der Waals surface area contributed by atoms with E-state index in [1.807, 2.05) is 0 Å². The molecular formula is C18H35N. The van der Waals surface area contributed by atoms with Gasteiger partial charge in [-0.1, -0.05) is 46.5 Å². The SMILES string of the molecule is CCCCC(CC)CC(NCCC)C1CC2CC2C1. The zero-order chi connectivity index (χ0) is 13.7. The summed E-state index contributed by atoms with van der Waals surface area (Å²) in [6, 6.07) is 0.828. The molecule has 1 heteroatoms. The molecule has 0 saturated heterocycles. The van der Waals surface area contributed by atoms with Crippen LogP contribution in [-0.4, -0.2) is 12.6 Å². The quantitative estimate of drug-likeness (QED) is 0.585. The van der Waals surface area contributed by atoms with Crippen LogP contribution in [0.15, 0.2) is 0 Å². The van der Waals surface area contributed by atoms with Gasteiger partial charge in [0, 0.05) is 6.04 Å². The lowest BCUT2D eigenvalue weighted by Crippen LogP contribution is -2.38. The summed E-state index contributed by atoms with van der Waals surface area (Å²) in [6.45, 7) is 8.23. The summed E-state index contributed by atoms with van der Waals surface area (Å²) >= 11 is 0. The second-order valence-electron chi connectivity index (χ2n) is 7.20. The molecule has 0 heterocycles. The molecule has 0 aromatic carbocycles. The monoisotopic (exact) mass is 265 g/mol. The van der Waals surface area contributed by atoms with E-state index in [1.54, 1.807) is 6.42 Å². The highest BCUT2D eigenvalue weighted by Crippen LogP contribution is 2.55. The van der Waals surface area contributed by atoms with Crippen LogP contribution >= 0.6 is 0 Å². The zero-order valence-corrected chi connectivity index (χ0v) is 13.5. The molecule has 0 aliphatic heterocycles. The first kappa shape index (κ1) is 15.4. The maximum atomic E-state index is 3.89. The van der Waals surface area contributed by atoms with E-state index in [0.29, 0.717) is 0 Å². The van der Waals surface area contributed by atoms with Crippen molar-refractivity contribution in [3.05, 3.63) is 0 Å². The van der Waals surface area contributed by atoms with Crippen molar-refractivity contribution in [2.45, 2.75) is 84.6 Å². The van der Waals surface area contributed by atoms with E-state index in [-0.39, 0.29) is 0 Å². The first-order valence-electron chi connectivity index (χ1n) is 9.01. The molecular weight excluding hydrogens is 230 g/mol. The van der Waals surface area contributed by atoms with Gasteiger partial charge in [0.25, 0.3) is 0 Å². The minimum absolute atomic E-state index is 0.828. The average molecular weight is 265 g/mol. The van der Waals surface area contributed by atoms with Gasteiger partial charge in [-0.15, -0.1) is 0 Å². The molecule has 2 rings (SSSR count). The van der Waals surface area contributed by atoms with Crippen LogP contribution in [0.5, 0.6) is 0 Å². The molecule has 1 nitrogen and oxygen atoms in total. The number of rotatable bonds is 10. The number of fused-ring (bicyclic) bond motifs is 1. The van der Waals surface area contributed by atoms with Gasteiger partial charge in [0.2, 0.25) is 0 Å². The molecule has 4 unspecified atom stereocenters. The second-order valence-corrected chi connectivity index (χ2v) is 7.20. The maximum absolute atomic E-state index is 3.89. The Labute approximate surface area is 120 Å². The molecule has 0 spiro atoms. The van der Waals surface area contributed by atoms with Gasteiger partial charge in [0.05, 0.1) is 0 Å². The van der Waals surface area contributed by atoms with Crippen molar-refractivity contribution in [2.75, 3.05) is 6.54 Å².